The van der Waals surface area contributed by atoms with E-state index in [1.54, 1.807) is 55.5 Å². The molecule has 0 aromatic heterocycles. The Bertz CT molecular complexity index is 1170. The van der Waals surface area contributed by atoms with Crippen molar-refractivity contribution in [1.29, 1.82) is 0 Å². The Kier molecular flexibility index (Phi) is 8.66. The lowest BCUT2D eigenvalue weighted by molar-refractivity contribution is -0.138. The molecule has 1 heterocycles. The number of aliphatic hydroxyl groups excluding tert-OH is 1. The van der Waals surface area contributed by atoms with Gasteiger partial charge in [-0.25, -0.2) is 9.79 Å². The number of methoxy groups -OCH3 is 1. The van der Waals surface area contributed by atoms with Gasteiger partial charge in [-0.1, -0.05) is 23.7 Å². The molecule has 0 fully saturated rings. The number of aliphatic hydroxyl groups is 1. The maximum atomic E-state index is 12.6. The lowest BCUT2D eigenvalue weighted by Gasteiger charge is -2.09. The number of benzene rings is 2. The summed E-state index contributed by atoms with van der Waals surface area (Å²) < 4.78 is 21.5. The summed E-state index contributed by atoms with van der Waals surface area (Å²) in [5, 5.41) is 11.2. The lowest BCUT2D eigenvalue weighted by atomic mass is 10.1. The molecule has 2 aromatic carbocycles. The summed E-state index contributed by atoms with van der Waals surface area (Å²) >= 11 is 1.17. The molecule has 3 rings (SSSR count). The molecule has 34 heavy (non-hydrogen) atoms. The van der Waals surface area contributed by atoms with Crippen LogP contribution in [0.1, 0.15) is 19.4 Å². The van der Waals surface area contributed by atoms with Gasteiger partial charge in [-0.2, -0.15) is 0 Å². The first-order valence-corrected chi connectivity index (χ1v) is 11.4. The van der Waals surface area contributed by atoms with Gasteiger partial charge in [0.25, 0.3) is 0 Å². The minimum Gasteiger partial charge on any atom is -0.506 e. The van der Waals surface area contributed by atoms with Crippen LogP contribution in [-0.2, 0) is 9.53 Å². The van der Waals surface area contributed by atoms with Crippen molar-refractivity contribution in [1.82, 2.24) is 0 Å². The molecule has 1 N–H and O–H groups in total. The molecule has 8 heteroatoms. The summed E-state index contributed by atoms with van der Waals surface area (Å²) in [6.07, 6.45) is 6.98. The van der Waals surface area contributed by atoms with Crippen LogP contribution in [0.2, 0.25) is 0 Å². The molecule has 0 saturated heterocycles. The fraction of sp³-hybridized carbons (Fsp3) is 0.231. The average Bonchev–Trinajstić information content (AvgIpc) is 3.14. The van der Waals surface area contributed by atoms with E-state index in [0.29, 0.717) is 33.7 Å². The highest BCUT2D eigenvalue weighted by Gasteiger charge is 2.33. The monoisotopic (exact) mass is 479 g/mol. The van der Waals surface area contributed by atoms with Gasteiger partial charge in [0.05, 0.1) is 30.9 Å². The predicted molar refractivity (Wildman–Crippen MR) is 134 cm³/mol. The molecule has 0 saturated carbocycles. The number of hydrogen-bond donors (Lipinski definition) is 1. The maximum Gasteiger partial charge on any atom is 0.344 e. The second-order valence-corrected chi connectivity index (χ2v) is 7.83. The van der Waals surface area contributed by atoms with E-state index >= 15 is 0 Å². The summed E-state index contributed by atoms with van der Waals surface area (Å²) in [5.74, 6) is 3.29. The Morgan fingerprint density at radius 2 is 1.88 bits per heavy atom. The van der Waals surface area contributed by atoms with Crippen molar-refractivity contribution < 1.29 is 28.8 Å². The molecule has 7 nitrogen and oxygen atoms in total. The summed E-state index contributed by atoms with van der Waals surface area (Å²) in [6.45, 7) is 4.46. The fourth-order valence-corrected chi connectivity index (χ4v) is 4.09. The normalized spacial score (nSPS) is 15.4. The minimum atomic E-state index is -0.642. The van der Waals surface area contributed by atoms with Crippen molar-refractivity contribution in [2.45, 2.75) is 13.8 Å². The quantitative estimate of drug-likeness (QED) is 0.386. The van der Waals surface area contributed by atoms with E-state index in [1.165, 1.54) is 18.9 Å². The van der Waals surface area contributed by atoms with Gasteiger partial charge in [-0.15, -0.1) is 6.42 Å². The highest BCUT2D eigenvalue weighted by Crippen LogP contribution is 2.41. The highest BCUT2D eigenvalue weighted by molar-refractivity contribution is 8.18. The number of carbonyl (C=O) groups excluding carboxylic acids is 1. The third-order valence-electron chi connectivity index (χ3n) is 4.55. The molecule has 0 radical (unpaired) electrons. The van der Waals surface area contributed by atoms with E-state index < -0.39 is 5.97 Å². The number of esters is 1. The summed E-state index contributed by atoms with van der Waals surface area (Å²) in [7, 11) is 1.52. The molecule has 176 valence electrons. The molecule has 1 aliphatic rings. The molecular weight excluding hydrogens is 454 g/mol. The smallest absolute Gasteiger partial charge is 0.344 e. The van der Waals surface area contributed by atoms with Crippen molar-refractivity contribution in [3.05, 3.63) is 64.3 Å². The van der Waals surface area contributed by atoms with Crippen LogP contribution in [0.5, 0.6) is 17.2 Å². The van der Waals surface area contributed by atoms with Gasteiger partial charge in [0.2, 0.25) is 0 Å². The molecule has 2 aromatic rings. The van der Waals surface area contributed by atoms with Gasteiger partial charge >= 0.3 is 5.97 Å². The number of terminal acetylenes is 1. The standard InChI is InChI=1S/C26H25NO6S/c1-5-14-33-20-13-8-17(15-21(20)30-4)16-22-24(28)23(26(29)32-7-3)25(34-22)27-18-9-11-19(12-10-18)31-6-2/h1,8-13,15-16,28H,6-7,14H2,2-4H3/b22-16+,27-25?. The Morgan fingerprint density at radius 1 is 1.12 bits per heavy atom. The van der Waals surface area contributed by atoms with E-state index in [1.807, 2.05) is 6.92 Å². The van der Waals surface area contributed by atoms with E-state index in [-0.39, 0.29) is 24.5 Å². The average molecular weight is 480 g/mol. The van der Waals surface area contributed by atoms with Crippen molar-refractivity contribution in [2.24, 2.45) is 4.99 Å². The number of ether oxygens (including phenoxy) is 4. The van der Waals surface area contributed by atoms with Crippen LogP contribution >= 0.6 is 11.8 Å². The number of thioether (sulfide) groups is 1. The summed E-state index contributed by atoms with van der Waals surface area (Å²) in [5.41, 5.74) is 1.36. The van der Waals surface area contributed by atoms with Gasteiger partial charge in [0.15, 0.2) is 11.5 Å². The van der Waals surface area contributed by atoms with Gasteiger partial charge in [-0.3, -0.25) is 0 Å². The third kappa shape index (κ3) is 5.94. The zero-order valence-electron chi connectivity index (χ0n) is 19.2. The van der Waals surface area contributed by atoms with E-state index in [0.717, 1.165) is 11.3 Å². The minimum absolute atomic E-state index is 0.0212. The van der Waals surface area contributed by atoms with Crippen LogP contribution in [0.4, 0.5) is 5.69 Å². The first-order valence-electron chi connectivity index (χ1n) is 10.6. The first kappa shape index (κ1) is 24.8. The van der Waals surface area contributed by atoms with Crippen LogP contribution in [0, 0.1) is 12.3 Å². The first-order chi connectivity index (χ1) is 16.5. The zero-order chi connectivity index (χ0) is 24.5. The summed E-state index contributed by atoms with van der Waals surface area (Å²) in [6, 6.07) is 12.4. The van der Waals surface area contributed by atoms with Crippen LogP contribution in [0.25, 0.3) is 6.08 Å². The Morgan fingerprint density at radius 3 is 2.53 bits per heavy atom. The van der Waals surface area contributed by atoms with Crippen molar-refractivity contribution >= 4 is 34.5 Å². The highest BCUT2D eigenvalue weighted by atomic mass is 32.2. The van der Waals surface area contributed by atoms with Gasteiger partial charge in [-0.05, 0) is 61.9 Å². The second-order valence-electron chi connectivity index (χ2n) is 6.80. The topological polar surface area (TPSA) is 86.6 Å². The molecule has 0 spiro atoms. The second kappa shape index (κ2) is 11.9. The lowest BCUT2D eigenvalue weighted by Crippen LogP contribution is -2.12. The predicted octanol–water partition coefficient (Wildman–Crippen LogP) is 5.30. The Hall–Kier alpha value is -3.83. The van der Waals surface area contributed by atoms with Crippen molar-refractivity contribution in [3.63, 3.8) is 0 Å². The van der Waals surface area contributed by atoms with E-state index in [2.05, 4.69) is 10.9 Å². The SMILES string of the molecule is C#CCOc1ccc(/C=C2/SC(=Nc3ccc(OCC)cc3)C(C(=O)OCC)=C2O)cc1OC. The largest absolute Gasteiger partial charge is 0.506 e. The maximum absolute atomic E-state index is 12.6. The van der Waals surface area contributed by atoms with Crippen LogP contribution in [0.15, 0.2) is 63.7 Å². The number of carbonyl (C=O) groups is 1. The van der Waals surface area contributed by atoms with E-state index in [9.17, 15) is 9.90 Å². The third-order valence-corrected chi connectivity index (χ3v) is 5.56. The molecule has 0 aliphatic carbocycles. The van der Waals surface area contributed by atoms with Gasteiger partial charge in [0.1, 0.15) is 28.7 Å². The van der Waals surface area contributed by atoms with Crippen LogP contribution < -0.4 is 14.2 Å². The molecule has 0 amide bonds. The molecule has 0 unspecified atom stereocenters. The van der Waals surface area contributed by atoms with E-state index in [4.69, 9.17) is 25.4 Å². The molecular formula is C26H25NO6S. The molecule has 0 bridgehead atoms. The van der Waals surface area contributed by atoms with Crippen molar-refractivity contribution in [2.75, 3.05) is 26.9 Å². The molecule has 0 atom stereocenters. The van der Waals surface area contributed by atoms with Gasteiger partial charge < -0.3 is 24.1 Å². The van der Waals surface area contributed by atoms with Gasteiger partial charge in [0, 0.05) is 0 Å². The number of nitrogens with zero attached hydrogens (tertiary/aromatic N) is 1. The van der Waals surface area contributed by atoms with Crippen LogP contribution in [-0.4, -0.2) is 43.0 Å². The number of rotatable bonds is 9. The number of aliphatic imine (C=N–C) groups is 1. The van der Waals surface area contributed by atoms with Crippen molar-refractivity contribution in [3.8, 4) is 29.6 Å². The molecule has 1 aliphatic heterocycles. The Labute approximate surface area is 203 Å². The zero-order valence-corrected chi connectivity index (χ0v) is 20.0. The fourth-order valence-electron chi connectivity index (χ4n) is 3.06. The summed E-state index contributed by atoms with van der Waals surface area (Å²) in [4.78, 5) is 17.6. The Balaban J connectivity index is 1.97. The van der Waals surface area contributed by atoms with Crippen LogP contribution in [0.3, 0.4) is 0 Å². The number of hydrogen-bond acceptors (Lipinski definition) is 8.